The number of aliphatic hydroxyl groups is 1. The number of rotatable bonds is 5. The molecule has 0 amide bonds. The van der Waals surface area contributed by atoms with Crippen LogP contribution in [0.4, 0.5) is 19.1 Å². The fraction of sp³-hybridized carbons (Fsp3) is 0.517. The minimum atomic E-state index is -4.74. The maximum absolute atomic E-state index is 13.2. The fourth-order valence-electron chi connectivity index (χ4n) is 5.62. The average molecular weight is 529 g/mol. The van der Waals surface area contributed by atoms with Gasteiger partial charge in [0.05, 0.1) is 0 Å². The molecule has 9 heteroatoms. The van der Waals surface area contributed by atoms with Gasteiger partial charge in [-0.25, -0.2) is 0 Å². The lowest BCUT2D eigenvalue weighted by atomic mass is 9.92. The Bertz CT molecular complexity index is 1280. The normalized spacial score (nSPS) is 22.1. The Morgan fingerprint density at radius 2 is 1.61 bits per heavy atom. The first kappa shape index (κ1) is 26.7. The zero-order valence-corrected chi connectivity index (χ0v) is 22.5. The smallest absolute Gasteiger partial charge is 0.376 e. The van der Waals surface area contributed by atoms with Crippen LogP contribution >= 0.6 is 0 Å². The minimum Gasteiger partial charge on any atom is -0.376 e. The highest BCUT2D eigenvalue weighted by Crippen LogP contribution is 2.39. The van der Waals surface area contributed by atoms with Gasteiger partial charge in [0.1, 0.15) is 0 Å². The first-order chi connectivity index (χ1) is 17.7. The van der Waals surface area contributed by atoms with Gasteiger partial charge in [0.15, 0.2) is 5.60 Å². The molecule has 2 aromatic carbocycles. The van der Waals surface area contributed by atoms with Crippen LogP contribution in [0.25, 0.3) is 11.1 Å². The largest absolute Gasteiger partial charge is 0.421 e. The van der Waals surface area contributed by atoms with Crippen molar-refractivity contribution in [1.29, 1.82) is 0 Å². The third-order valence-electron chi connectivity index (χ3n) is 7.85. The zero-order valence-electron chi connectivity index (χ0n) is 22.5. The van der Waals surface area contributed by atoms with Crippen molar-refractivity contribution in [3.05, 3.63) is 65.0 Å². The van der Waals surface area contributed by atoms with E-state index in [1.807, 2.05) is 13.0 Å². The number of hydrogen-bond acceptors (Lipinski definition) is 6. The van der Waals surface area contributed by atoms with Gasteiger partial charge in [-0.05, 0) is 59.7 Å². The number of anilines is 1. The Hall–Kier alpha value is -2.91. The second-order valence-corrected chi connectivity index (χ2v) is 11.9. The molecule has 1 N–H and O–H groups in total. The summed E-state index contributed by atoms with van der Waals surface area (Å²) < 4.78 is 45.1. The van der Waals surface area contributed by atoms with E-state index >= 15 is 0 Å². The number of fused-ring (bicyclic) bond motifs is 2. The molecule has 6 nitrogen and oxygen atoms in total. The molecule has 2 aliphatic rings. The number of aryl methyl sites for hydroxylation is 1. The number of benzene rings is 2. The van der Waals surface area contributed by atoms with Crippen molar-refractivity contribution in [3.8, 4) is 11.1 Å². The van der Waals surface area contributed by atoms with E-state index < -0.39 is 11.8 Å². The summed E-state index contributed by atoms with van der Waals surface area (Å²) >= 11 is 0. The topological polar surface area (TPSA) is 65.6 Å². The minimum absolute atomic E-state index is 0.174. The number of aromatic nitrogens is 2. The molecule has 204 valence electrons. The highest BCUT2D eigenvalue weighted by atomic mass is 19.4. The lowest BCUT2D eigenvalue weighted by molar-refractivity contribution is -0.258. The van der Waals surface area contributed by atoms with Crippen LogP contribution in [-0.2, 0) is 17.6 Å². The summed E-state index contributed by atoms with van der Waals surface area (Å²) in [6, 6.07) is 12.9. The van der Waals surface area contributed by atoms with Gasteiger partial charge < -0.3 is 14.5 Å². The van der Waals surface area contributed by atoms with Gasteiger partial charge >= 0.3 is 6.18 Å². The van der Waals surface area contributed by atoms with Crippen LogP contribution in [0.3, 0.4) is 0 Å². The van der Waals surface area contributed by atoms with Gasteiger partial charge in [0.25, 0.3) is 5.95 Å². The SMILES string of the molecule is Cc1cc(CN2CC3CCC(C2)N3c2noc(C(C)(C)C)n2)ccc1-c1ccc(C(C)(O)C(F)(F)F)cc1. The van der Waals surface area contributed by atoms with Crippen molar-refractivity contribution in [1.82, 2.24) is 15.0 Å². The molecular weight excluding hydrogens is 493 g/mol. The summed E-state index contributed by atoms with van der Waals surface area (Å²) in [4.78, 5) is 9.51. The number of hydrogen-bond donors (Lipinski definition) is 1. The Balaban J connectivity index is 1.26. The molecule has 3 aromatic rings. The van der Waals surface area contributed by atoms with Crippen molar-refractivity contribution >= 4 is 5.95 Å². The van der Waals surface area contributed by atoms with Crippen LogP contribution in [0.5, 0.6) is 0 Å². The highest BCUT2D eigenvalue weighted by molar-refractivity contribution is 5.68. The third kappa shape index (κ3) is 4.94. The van der Waals surface area contributed by atoms with Gasteiger partial charge in [0, 0.05) is 37.1 Å². The lowest BCUT2D eigenvalue weighted by Crippen LogP contribution is -2.53. The van der Waals surface area contributed by atoms with Gasteiger partial charge in [-0.3, -0.25) is 4.90 Å². The van der Waals surface area contributed by atoms with Crippen LogP contribution in [0.15, 0.2) is 47.0 Å². The van der Waals surface area contributed by atoms with Crippen LogP contribution in [0.1, 0.15) is 63.1 Å². The molecule has 2 fully saturated rings. The summed E-state index contributed by atoms with van der Waals surface area (Å²) in [5, 5.41) is 14.2. The lowest BCUT2D eigenvalue weighted by Gasteiger charge is -2.40. The zero-order chi connectivity index (χ0) is 27.5. The second kappa shape index (κ2) is 9.38. The predicted molar refractivity (Wildman–Crippen MR) is 140 cm³/mol. The average Bonchev–Trinajstić information content (AvgIpc) is 3.41. The molecule has 0 radical (unpaired) electrons. The van der Waals surface area contributed by atoms with Gasteiger partial charge in [-0.1, -0.05) is 63.2 Å². The predicted octanol–water partition coefficient (Wildman–Crippen LogP) is 5.97. The van der Waals surface area contributed by atoms with Crippen molar-refractivity contribution in [2.75, 3.05) is 18.0 Å². The second-order valence-electron chi connectivity index (χ2n) is 11.9. The molecule has 0 spiro atoms. The molecule has 2 bridgehead atoms. The van der Waals surface area contributed by atoms with Crippen LogP contribution in [-0.4, -0.2) is 51.5 Å². The molecule has 3 unspecified atom stereocenters. The van der Waals surface area contributed by atoms with Crippen molar-refractivity contribution in [2.24, 2.45) is 0 Å². The number of piperazine rings is 1. The summed E-state index contributed by atoms with van der Waals surface area (Å²) in [7, 11) is 0. The molecule has 3 atom stereocenters. The number of nitrogens with zero attached hydrogens (tertiary/aromatic N) is 4. The Labute approximate surface area is 221 Å². The number of likely N-dealkylation sites (tertiary alicyclic amines) is 1. The van der Waals surface area contributed by atoms with Crippen molar-refractivity contribution < 1.29 is 22.8 Å². The maximum Gasteiger partial charge on any atom is 0.421 e. The van der Waals surface area contributed by atoms with E-state index in [1.165, 1.54) is 17.7 Å². The standard InChI is InChI=1S/C29H35F3N4O2/c1-18-14-19(6-13-24(18)20-7-9-21(10-8-20)28(5,37)29(30,31)32)15-35-16-22-11-12-23(17-35)36(22)26-33-25(38-34-26)27(2,3)4/h6-10,13-14,22-23,37H,11-12,15-17H2,1-5H3. The Kier molecular flexibility index (Phi) is 6.59. The molecule has 2 aliphatic heterocycles. The summed E-state index contributed by atoms with van der Waals surface area (Å²) in [6.07, 6.45) is -2.52. The quantitative estimate of drug-likeness (QED) is 0.441. The number of alkyl halides is 3. The fourth-order valence-corrected chi connectivity index (χ4v) is 5.62. The summed E-state index contributed by atoms with van der Waals surface area (Å²) in [5.41, 5.74) is 0.798. The molecule has 5 rings (SSSR count). The first-order valence-electron chi connectivity index (χ1n) is 13.1. The molecule has 1 aromatic heterocycles. The van der Waals surface area contributed by atoms with E-state index in [-0.39, 0.29) is 11.0 Å². The number of halogens is 3. The first-order valence-corrected chi connectivity index (χ1v) is 13.1. The van der Waals surface area contributed by atoms with E-state index in [4.69, 9.17) is 9.51 Å². The van der Waals surface area contributed by atoms with E-state index in [2.05, 4.69) is 47.9 Å². The summed E-state index contributed by atoms with van der Waals surface area (Å²) in [6.45, 7) is 11.7. The van der Waals surface area contributed by atoms with E-state index in [0.29, 0.717) is 23.9 Å². The van der Waals surface area contributed by atoms with E-state index in [0.717, 1.165) is 56.1 Å². The van der Waals surface area contributed by atoms with E-state index in [9.17, 15) is 18.3 Å². The van der Waals surface area contributed by atoms with Gasteiger partial charge in [-0.15, -0.1) is 0 Å². The molecule has 0 saturated carbocycles. The van der Waals surface area contributed by atoms with E-state index in [1.54, 1.807) is 12.1 Å². The molecule has 38 heavy (non-hydrogen) atoms. The van der Waals surface area contributed by atoms with Gasteiger partial charge in [-0.2, -0.15) is 18.2 Å². The van der Waals surface area contributed by atoms with Crippen molar-refractivity contribution in [2.45, 2.75) is 83.3 Å². The van der Waals surface area contributed by atoms with Crippen LogP contribution in [0, 0.1) is 6.92 Å². The molecule has 0 aliphatic carbocycles. The van der Waals surface area contributed by atoms with Crippen LogP contribution in [0.2, 0.25) is 0 Å². The van der Waals surface area contributed by atoms with Gasteiger partial charge in [0.2, 0.25) is 5.89 Å². The monoisotopic (exact) mass is 528 g/mol. The Morgan fingerprint density at radius 3 is 2.13 bits per heavy atom. The van der Waals surface area contributed by atoms with Crippen LogP contribution < -0.4 is 4.90 Å². The molecular formula is C29H35F3N4O2. The van der Waals surface area contributed by atoms with Crippen molar-refractivity contribution in [3.63, 3.8) is 0 Å². The molecule has 3 heterocycles. The maximum atomic E-state index is 13.2. The summed E-state index contributed by atoms with van der Waals surface area (Å²) in [5.74, 6) is 1.36. The Morgan fingerprint density at radius 1 is 0.974 bits per heavy atom. The highest BCUT2D eigenvalue weighted by Gasteiger charge is 2.51. The third-order valence-corrected chi connectivity index (χ3v) is 7.85. The molecule has 2 saturated heterocycles.